The summed E-state index contributed by atoms with van der Waals surface area (Å²) >= 11 is 1.70. The maximum Gasteiger partial charge on any atom is 0.251 e. The summed E-state index contributed by atoms with van der Waals surface area (Å²) in [6.45, 7) is 4.65. The number of carbonyl (C=O) groups excluding carboxylic acids is 1. The fourth-order valence-electron chi connectivity index (χ4n) is 2.49. The highest BCUT2D eigenvalue weighted by Gasteiger charge is 2.08. The molecule has 1 aromatic carbocycles. The molecule has 0 atom stereocenters. The predicted octanol–water partition coefficient (Wildman–Crippen LogP) is 3.52. The number of benzene rings is 1. The number of hydrogen-bond donors (Lipinski definition) is 1. The van der Waals surface area contributed by atoms with Crippen LogP contribution in [0.2, 0.25) is 0 Å². The van der Waals surface area contributed by atoms with Gasteiger partial charge in [-0.3, -0.25) is 4.79 Å². The van der Waals surface area contributed by atoms with Gasteiger partial charge in [0, 0.05) is 41.5 Å². The number of nitrogens with one attached hydrogen (secondary N) is 1. The van der Waals surface area contributed by atoms with Gasteiger partial charge in [0.25, 0.3) is 5.91 Å². The molecule has 2 aromatic heterocycles. The van der Waals surface area contributed by atoms with Crippen molar-refractivity contribution in [3.05, 3.63) is 69.9 Å². The Hall–Kier alpha value is -2.40. The average Bonchev–Trinajstić information content (AvgIpc) is 3.18. The zero-order chi connectivity index (χ0) is 16.2. The summed E-state index contributed by atoms with van der Waals surface area (Å²) in [6, 6.07) is 11.6. The number of rotatable bonds is 5. The topological polar surface area (TPSA) is 46.9 Å². The van der Waals surface area contributed by atoms with Crippen LogP contribution >= 0.6 is 11.3 Å². The molecule has 0 aliphatic heterocycles. The monoisotopic (exact) mass is 325 g/mol. The number of thiazole rings is 1. The first kappa shape index (κ1) is 15.5. The standard InChI is InChI=1S/C18H19N3OS/c1-13-17(23-14(2)20-13)9-10-19-18(22)15-5-7-16(8-6-15)21-11-3-4-12-21/h3-8,11-12H,9-10H2,1-2H3,(H,19,22). The van der Waals surface area contributed by atoms with E-state index in [1.54, 1.807) is 11.3 Å². The minimum atomic E-state index is -0.0389. The molecule has 1 N–H and O–H groups in total. The lowest BCUT2D eigenvalue weighted by Crippen LogP contribution is -2.25. The smallest absolute Gasteiger partial charge is 0.251 e. The molecule has 0 unspecified atom stereocenters. The number of carbonyl (C=O) groups is 1. The Labute approximate surface area is 139 Å². The maximum atomic E-state index is 12.2. The first-order chi connectivity index (χ1) is 11.1. The second-order valence-electron chi connectivity index (χ2n) is 5.38. The molecule has 0 aliphatic rings. The normalized spacial score (nSPS) is 10.7. The Morgan fingerprint density at radius 3 is 2.48 bits per heavy atom. The van der Waals surface area contributed by atoms with Crippen molar-refractivity contribution in [2.24, 2.45) is 0 Å². The van der Waals surface area contributed by atoms with Gasteiger partial charge in [-0.05, 0) is 50.2 Å². The third-order valence-corrected chi connectivity index (χ3v) is 4.80. The summed E-state index contributed by atoms with van der Waals surface area (Å²) < 4.78 is 2.01. The summed E-state index contributed by atoms with van der Waals surface area (Å²) in [5.74, 6) is -0.0389. The lowest BCUT2D eigenvalue weighted by Gasteiger charge is -2.07. The molecule has 0 bridgehead atoms. The second kappa shape index (κ2) is 6.79. The Morgan fingerprint density at radius 2 is 1.87 bits per heavy atom. The molecule has 0 radical (unpaired) electrons. The highest BCUT2D eigenvalue weighted by atomic mass is 32.1. The SMILES string of the molecule is Cc1nc(C)c(CCNC(=O)c2ccc(-n3cccc3)cc2)s1. The van der Waals surface area contributed by atoms with Crippen molar-refractivity contribution in [2.75, 3.05) is 6.54 Å². The van der Waals surface area contributed by atoms with Gasteiger partial charge in [0.05, 0.1) is 10.7 Å². The van der Waals surface area contributed by atoms with Crippen LogP contribution in [-0.4, -0.2) is 22.0 Å². The van der Waals surface area contributed by atoms with Crippen LogP contribution in [0.15, 0.2) is 48.8 Å². The molecule has 0 aliphatic carbocycles. The van der Waals surface area contributed by atoms with Gasteiger partial charge in [0.15, 0.2) is 0 Å². The molecule has 23 heavy (non-hydrogen) atoms. The Morgan fingerprint density at radius 1 is 1.17 bits per heavy atom. The van der Waals surface area contributed by atoms with Crippen LogP contribution in [-0.2, 0) is 6.42 Å². The zero-order valence-corrected chi connectivity index (χ0v) is 14.1. The fourth-order valence-corrected chi connectivity index (χ4v) is 3.43. The summed E-state index contributed by atoms with van der Waals surface area (Å²) in [6.07, 6.45) is 4.79. The molecule has 0 spiro atoms. The van der Waals surface area contributed by atoms with Crippen LogP contribution in [0.4, 0.5) is 0 Å². The summed E-state index contributed by atoms with van der Waals surface area (Å²) in [4.78, 5) is 17.8. The molecule has 0 saturated heterocycles. The molecule has 1 amide bonds. The fraction of sp³-hybridized carbons (Fsp3) is 0.222. The minimum Gasteiger partial charge on any atom is -0.352 e. The van der Waals surface area contributed by atoms with Gasteiger partial charge < -0.3 is 9.88 Å². The van der Waals surface area contributed by atoms with Gasteiger partial charge in [-0.2, -0.15) is 0 Å². The summed E-state index contributed by atoms with van der Waals surface area (Å²) in [5.41, 5.74) is 2.79. The quantitative estimate of drug-likeness (QED) is 0.780. The third-order valence-electron chi connectivity index (χ3n) is 3.67. The number of amides is 1. The molecule has 0 saturated carbocycles. The van der Waals surface area contributed by atoms with Crippen molar-refractivity contribution in [3.63, 3.8) is 0 Å². The number of aryl methyl sites for hydroxylation is 2. The van der Waals surface area contributed by atoms with Gasteiger partial charge in [-0.25, -0.2) is 4.98 Å². The molecule has 0 fully saturated rings. The van der Waals surface area contributed by atoms with E-state index in [-0.39, 0.29) is 5.91 Å². The highest BCUT2D eigenvalue weighted by molar-refractivity contribution is 7.11. The lowest BCUT2D eigenvalue weighted by molar-refractivity contribution is 0.0954. The van der Waals surface area contributed by atoms with E-state index in [1.165, 1.54) is 4.88 Å². The Kier molecular flexibility index (Phi) is 4.57. The van der Waals surface area contributed by atoms with Crippen LogP contribution in [0.3, 0.4) is 0 Å². The largest absolute Gasteiger partial charge is 0.352 e. The van der Waals surface area contributed by atoms with Crippen LogP contribution < -0.4 is 5.32 Å². The average molecular weight is 325 g/mol. The highest BCUT2D eigenvalue weighted by Crippen LogP contribution is 2.17. The van der Waals surface area contributed by atoms with Crippen molar-refractivity contribution in [1.29, 1.82) is 0 Å². The van der Waals surface area contributed by atoms with Crippen molar-refractivity contribution in [1.82, 2.24) is 14.9 Å². The van der Waals surface area contributed by atoms with Gasteiger partial charge in [-0.1, -0.05) is 0 Å². The van der Waals surface area contributed by atoms with E-state index in [2.05, 4.69) is 10.3 Å². The second-order valence-corrected chi connectivity index (χ2v) is 6.67. The van der Waals surface area contributed by atoms with Crippen LogP contribution in [0, 0.1) is 13.8 Å². The molecule has 3 rings (SSSR count). The minimum absolute atomic E-state index is 0.0389. The van der Waals surface area contributed by atoms with Crippen molar-refractivity contribution >= 4 is 17.2 Å². The molecule has 3 aromatic rings. The number of nitrogens with zero attached hydrogens (tertiary/aromatic N) is 2. The lowest BCUT2D eigenvalue weighted by atomic mass is 10.2. The predicted molar refractivity (Wildman–Crippen MR) is 93.4 cm³/mol. The van der Waals surface area contributed by atoms with Gasteiger partial charge in [-0.15, -0.1) is 11.3 Å². The molecular weight excluding hydrogens is 306 g/mol. The van der Waals surface area contributed by atoms with E-state index in [9.17, 15) is 4.79 Å². The molecule has 4 nitrogen and oxygen atoms in total. The summed E-state index contributed by atoms with van der Waals surface area (Å²) in [5, 5.41) is 4.04. The zero-order valence-electron chi connectivity index (χ0n) is 13.2. The van der Waals surface area contributed by atoms with Crippen LogP contribution in [0.25, 0.3) is 5.69 Å². The van der Waals surface area contributed by atoms with Gasteiger partial charge in [0.1, 0.15) is 0 Å². The molecular formula is C18H19N3OS. The molecule has 118 valence electrons. The van der Waals surface area contributed by atoms with E-state index >= 15 is 0 Å². The molecule has 2 heterocycles. The van der Waals surface area contributed by atoms with E-state index in [0.717, 1.165) is 22.8 Å². The number of aromatic nitrogens is 2. The van der Waals surface area contributed by atoms with Gasteiger partial charge in [0.2, 0.25) is 0 Å². The van der Waals surface area contributed by atoms with E-state index in [0.29, 0.717) is 12.1 Å². The van der Waals surface area contributed by atoms with Crippen molar-refractivity contribution < 1.29 is 4.79 Å². The Bertz CT molecular complexity index is 788. The van der Waals surface area contributed by atoms with E-state index in [1.807, 2.05) is 67.2 Å². The van der Waals surface area contributed by atoms with Gasteiger partial charge >= 0.3 is 0 Å². The first-order valence-corrected chi connectivity index (χ1v) is 8.39. The molecule has 5 heteroatoms. The van der Waals surface area contributed by atoms with E-state index in [4.69, 9.17) is 0 Å². The Balaban J connectivity index is 1.57. The summed E-state index contributed by atoms with van der Waals surface area (Å²) in [7, 11) is 0. The number of hydrogen-bond acceptors (Lipinski definition) is 3. The maximum absolute atomic E-state index is 12.2. The van der Waals surface area contributed by atoms with Crippen LogP contribution in [0.5, 0.6) is 0 Å². The van der Waals surface area contributed by atoms with Crippen LogP contribution in [0.1, 0.15) is 25.9 Å². The van der Waals surface area contributed by atoms with E-state index < -0.39 is 0 Å². The van der Waals surface area contributed by atoms with Crippen molar-refractivity contribution in [2.45, 2.75) is 20.3 Å². The van der Waals surface area contributed by atoms with Crippen molar-refractivity contribution in [3.8, 4) is 5.69 Å². The first-order valence-electron chi connectivity index (χ1n) is 7.58. The third kappa shape index (κ3) is 3.68.